The molecule has 0 radical (unpaired) electrons. The third-order valence-electron chi connectivity index (χ3n) is 3.10. The van der Waals surface area contributed by atoms with Gasteiger partial charge in [-0.05, 0) is 48.5 Å². The van der Waals surface area contributed by atoms with E-state index in [1.807, 2.05) is 0 Å². The van der Waals surface area contributed by atoms with Crippen molar-refractivity contribution in [2.24, 2.45) is 0 Å². The lowest BCUT2D eigenvalue weighted by molar-refractivity contribution is 0.132. The van der Waals surface area contributed by atoms with Gasteiger partial charge in [-0.2, -0.15) is 16.8 Å². The highest BCUT2D eigenvalue weighted by Gasteiger charge is 2.20. The van der Waals surface area contributed by atoms with Crippen LogP contribution in [0.1, 0.15) is 0 Å². The van der Waals surface area contributed by atoms with Gasteiger partial charge >= 0.3 is 0 Å². The minimum Gasteiger partial charge on any atom is -0.497 e. The maximum atomic E-state index is 12.0. The summed E-state index contributed by atoms with van der Waals surface area (Å²) in [7, 11) is -5.45. The van der Waals surface area contributed by atoms with Crippen molar-refractivity contribution in [2.45, 2.75) is 9.79 Å². The molecule has 0 bridgehead atoms. The fourth-order valence-electron chi connectivity index (χ4n) is 1.77. The van der Waals surface area contributed by atoms with Crippen LogP contribution in [0.2, 0.25) is 0 Å². The van der Waals surface area contributed by atoms with Crippen LogP contribution in [-0.4, -0.2) is 37.8 Å². The summed E-state index contributed by atoms with van der Waals surface area (Å²) in [6.07, 6.45) is 0. The maximum Gasteiger partial charge on any atom is 0.299 e. The minimum absolute atomic E-state index is 0.154. The molecule has 0 saturated carbocycles. The molecule has 0 unspecified atom stereocenters. The quantitative estimate of drug-likeness (QED) is 0.498. The first kappa shape index (κ1) is 19.2. The van der Waals surface area contributed by atoms with Crippen molar-refractivity contribution >= 4 is 20.2 Å². The minimum atomic E-state index is -4.17. The fraction of sp³-hybridized carbons (Fsp3) is 0.200. The van der Waals surface area contributed by atoms with E-state index in [4.69, 9.17) is 9.47 Å². The number of hydrogen-bond acceptors (Lipinski definition) is 8. The zero-order valence-corrected chi connectivity index (χ0v) is 15.0. The summed E-state index contributed by atoms with van der Waals surface area (Å²) in [4.78, 5) is -0.308. The van der Waals surface area contributed by atoms with Gasteiger partial charge in [0.1, 0.15) is 11.5 Å². The van der Waals surface area contributed by atoms with E-state index in [-0.39, 0.29) is 9.79 Å². The summed E-state index contributed by atoms with van der Waals surface area (Å²) in [5.74, 6) is 0.939. The Morgan fingerprint density at radius 3 is 1.24 bits per heavy atom. The highest BCUT2D eigenvalue weighted by atomic mass is 32.2. The first-order valence-electron chi connectivity index (χ1n) is 6.85. The second-order valence-corrected chi connectivity index (χ2v) is 7.84. The average molecular weight is 388 g/mol. The lowest BCUT2D eigenvalue weighted by Crippen LogP contribution is -2.14. The first-order valence-corrected chi connectivity index (χ1v) is 9.67. The van der Waals surface area contributed by atoms with Gasteiger partial charge in [-0.25, -0.2) is 8.37 Å². The van der Waals surface area contributed by atoms with E-state index in [0.29, 0.717) is 11.5 Å². The van der Waals surface area contributed by atoms with Gasteiger partial charge in [0.25, 0.3) is 20.2 Å². The molecule has 0 spiro atoms. The van der Waals surface area contributed by atoms with Gasteiger partial charge in [0, 0.05) is 0 Å². The van der Waals surface area contributed by atoms with Gasteiger partial charge in [-0.3, -0.25) is 0 Å². The van der Waals surface area contributed by atoms with Crippen LogP contribution in [-0.2, 0) is 28.6 Å². The average Bonchev–Trinajstić information content (AvgIpc) is 2.61. The molecule has 0 aliphatic carbocycles. The Balaban J connectivity index is 2.02. The smallest absolute Gasteiger partial charge is 0.299 e. The molecule has 0 atom stereocenters. The third kappa shape index (κ3) is 4.92. The Kier molecular flexibility index (Phi) is 6.01. The molecule has 136 valence electrons. The topological polar surface area (TPSA) is 105 Å². The van der Waals surface area contributed by atoms with E-state index < -0.39 is 27.0 Å². The zero-order valence-electron chi connectivity index (χ0n) is 13.4. The summed E-state index contributed by atoms with van der Waals surface area (Å²) in [5.41, 5.74) is 0. The van der Waals surface area contributed by atoms with Crippen LogP contribution in [0.5, 0.6) is 11.5 Å². The van der Waals surface area contributed by atoms with Crippen molar-refractivity contribution in [3.05, 3.63) is 48.5 Å². The number of rotatable bonds is 8. The van der Waals surface area contributed by atoms with Crippen LogP contribution in [0.15, 0.2) is 58.3 Å². The maximum absolute atomic E-state index is 12.0. The van der Waals surface area contributed by atoms with E-state index in [0.717, 1.165) is 0 Å². The number of benzene rings is 2. The predicted octanol–water partition coefficient (Wildman–Crippen LogP) is 1.77. The highest BCUT2D eigenvalue weighted by Crippen LogP contribution is 2.20. The number of ether oxygens (including phenoxy) is 2. The van der Waals surface area contributed by atoms with Gasteiger partial charge in [0.2, 0.25) is 0 Å². The second-order valence-electron chi connectivity index (χ2n) is 4.61. The van der Waals surface area contributed by atoms with Gasteiger partial charge < -0.3 is 9.47 Å². The van der Waals surface area contributed by atoms with Gasteiger partial charge in [-0.1, -0.05) is 0 Å². The molecular formula is C15H16O8S2. The molecule has 10 heteroatoms. The van der Waals surface area contributed by atoms with Crippen LogP contribution in [0.4, 0.5) is 0 Å². The Morgan fingerprint density at radius 2 is 0.960 bits per heavy atom. The Morgan fingerprint density at radius 1 is 0.640 bits per heavy atom. The van der Waals surface area contributed by atoms with Crippen LogP contribution in [0.25, 0.3) is 0 Å². The summed E-state index contributed by atoms with van der Waals surface area (Å²) < 4.78 is 67.0. The van der Waals surface area contributed by atoms with Crippen molar-refractivity contribution in [3.8, 4) is 11.5 Å². The molecule has 0 aliphatic heterocycles. The Bertz CT molecular complexity index is 824. The van der Waals surface area contributed by atoms with E-state index >= 15 is 0 Å². The van der Waals surface area contributed by atoms with Crippen molar-refractivity contribution in [3.63, 3.8) is 0 Å². The van der Waals surface area contributed by atoms with Crippen molar-refractivity contribution in [1.29, 1.82) is 0 Å². The molecule has 2 rings (SSSR count). The number of hydrogen-bond donors (Lipinski definition) is 0. The van der Waals surface area contributed by atoms with E-state index in [1.165, 1.54) is 62.8 Å². The third-order valence-corrected chi connectivity index (χ3v) is 5.61. The molecule has 0 amide bonds. The molecular weight excluding hydrogens is 372 g/mol. The zero-order chi connectivity index (χ0) is 18.5. The lowest BCUT2D eigenvalue weighted by Gasteiger charge is -2.08. The molecule has 0 saturated heterocycles. The van der Waals surface area contributed by atoms with Crippen molar-refractivity contribution in [1.82, 2.24) is 0 Å². The number of methoxy groups -OCH3 is 2. The summed E-state index contributed by atoms with van der Waals surface area (Å²) in [6, 6.07) is 10.8. The molecule has 0 aliphatic rings. The standard InChI is InChI=1S/C15H16O8S2/c1-20-12-3-7-14(8-4-12)24(16,17)22-11-23-25(18,19)15-9-5-13(21-2)6-10-15/h3-10H,11H2,1-2H3. The molecule has 8 nitrogen and oxygen atoms in total. The Labute approximate surface area is 146 Å². The van der Waals surface area contributed by atoms with Crippen LogP contribution >= 0.6 is 0 Å². The molecule has 0 aromatic heterocycles. The van der Waals surface area contributed by atoms with Crippen molar-refractivity contribution < 1.29 is 34.7 Å². The summed E-state index contributed by atoms with van der Waals surface area (Å²) >= 11 is 0. The van der Waals surface area contributed by atoms with Gasteiger partial charge in [-0.15, -0.1) is 0 Å². The normalized spacial score (nSPS) is 11.9. The second kappa shape index (κ2) is 7.83. The Hall–Kier alpha value is -2.14. The monoisotopic (exact) mass is 388 g/mol. The van der Waals surface area contributed by atoms with E-state index in [2.05, 4.69) is 8.37 Å². The summed E-state index contributed by atoms with van der Waals surface area (Å²) in [6.45, 7) is -0.983. The van der Waals surface area contributed by atoms with Gasteiger partial charge in [0.15, 0.2) is 6.79 Å². The molecule has 0 fully saturated rings. The fourth-order valence-corrected chi connectivity index (χ4v) is 3.39. The van der Waals surface area contributed by atoms with E-state index in [1.54, 1.807) is 0 Å². The SMILES string of the molecule is COc1ccc(S(=O)(=O)OCOS(=O)(=O)c2ccc(OC)cc2)cc1. The predicted molar refractivity (Wildman–Crippen MR) is 87.4 cm³/mol. The molecule has 2 aromatic carbocycles. The largest absolute Gasteiger partial charge is 0.497 e. The molecule has 0 N–H and O–H groups in total. The lowest BCUT2D eigenvalue weighted by atomic mass is 10.3. The van der Waals surface area contributed by atoms with Crippen LogP contribution in [0, 0.1) is 0 Å². The van der Waals surface area contributed by atoms with Crippen LogP contribution in [0.3, 0.4) is 0 Å². The van der Waals surface area contributed by atoms with Crippen LogP contribution < -0.4 is 9.47 Å². The summed E-state index contributed by atoms with van der Waals surface area (Å²) in [5, 5.41) is 0. The van der Waals surface area contributed by atoms with Gasteiger partial charge in [0.05, 0.1) is 24.0 Å². The van der Waals surface area contributed by atoms with Crippen molar-refractivity contribution in [2.75, 3.05) is 21.0 Å². The highest BCUT2D eigenvalue weighted by molar-refractivity contribution is 7.87. The molecule has 25 heavy (non-hydrogen) atoms. The first-order chi connectivity index (χ1) is 11.8. The molecule has 0 heterocycles. The molecule has 2 aromatic rings. The van der Waals surface area contributed by atoms with E-state index in [9.17, 15) is 16.8 Å².